The highest BCUT2D eigenvalue weighted by Crippen LogP contribution is 2.13. The van der Waals surface area contributed by atoms with E-state index in [1.807, 2.05) is 30.3 Å². The molecule has 8 heteroatoms. The Hall–Kier alpha value is -3.55. The van der Waals surface area contributed by atoms with Crippen molar-refractivity contribution in [3.63, 3.8) is 0 Å². The molecule has 1 aromatic carbocycles. The molecule has 0 bridgehead atoms. The Kier molecular flexibility index (Phi) is 4.15. The summed E-state index contributed by atoms with van der Waals surface area (Å²) in [4.78, 5) is 31.6. The molecule has 0 N–H and O–H groups in total. The summed E-state index contributed by atoms with van der Waals surface area (Å²) in [6, 6.07) is 13.2. The Balaban J connectivity index is 1.74. The fourth-order valence-electron chi connectivity index (χ4n) is 3.11. The molecular formula is C19H18N6O2. The third-order valence-corrected chi connectivity index (χ3v) is 4.51. The number of rotatable bonds is 4. The highest BCUT2D eigenvalue weighted by atomic mass is 16.2. The lowest BCUT2D eigenvalue weighted by Gasteiger charge is -2.19. The number of fused-ring (bicyclic) bond motifs is 3. The van der Waals surface area contributed by atoms with Gasteiger partial charge in [-0.3, -0.25) is 18.6 Å². The average molecular weight is 362 g/mol. The minimum absolute atomic E-state index is 0.0905. The first-order chi connectivity index (χ1) is 13.1. The molecule has 0 saturated carbocycles. The largest absolute Gasteiger partial charge is 0.340 e. The van der Waals surface area contributed by atoms with Gasteiger partial charge in [-0.1, -0.05) is 30.3 Å². The van der Waals surface area contributed by atoms with Crippen molar-refractivity contribution in [1.82, 2.24) is 29.0 Å². The van der Waals surface area contributed by atoms with E-state index >= 15 is 0 Å². The van der Waals surface area contributed by atoms with Crippen LogP contribution in [0.4, 0.5) is 0 Å². The van der Waals surface area contributed by atoms with Crippen LogP contribution in [0.5, 0.6) is 0 Å². The van der Waals surface area contributed by atoms with E-state index in [-0.39, 0.29) is 23.7 Å². The van der Waals surface area contributed by atoms with Crippen molar-refractivity contribution >= 4 is 22.7 Å². The van der Waals surface area contributed by atoms with Gasteiger partial charge in [0.05, 0.1) is 5.52 Å². The molecule has 0 spiro atoms. The van der Waals surface area contributed by atoms with Gasteiger partial charge in [-0.25, -0.2) is 4.98 Å². The lowest BCUT2D eigenvalue weighted by molar-refractivity contribution is -0.131. The molecule has 4 rings (SSSR count). The molecule has 27 heavy (non-hydrogen) atoms. The number of aryl methyl sites for hydroxylation is 1. The van der Waals surface area contributed by atoms with Gasteiger partial charge in [0, 0.05) is 19.8 Å². The number of aromatic nitrogens is 5. The molecule has 0 unspecified atom stereocenters. The number of benzene rings is 1. The summed E-state index contributed by atoms with van der Waals surface area (Å²) in [7, 11) is 1.72. The molecule has 136 valence electrons. The van der Waals surface area contributed by atoms with E-state index in [2.05, 4.69) is 15.2 Å². The summed E-state index contributed by atoms with van der Waals surface area (Å²) in [5.74, 6) is 0.400. The van der Waals surface area contributed by atoms with E-state index in [0.29, 0.717) is 23.5 Å². The third kappa shape index (κ3) is 2.95. The molecule has 0 radical (unpaired) electrons. The Morgan fingerprint density at radius 3 is 2.63 bits per heavy atom. The maximum absolute atomic E-state index is 12.9. The maximum Gasteiger partial charge on any atom is 0.297 e. The van der Waals surface area contributed by atoms with Crippen LogP contribution in [0.3, 0.4) is 0 Å². The predicted octanol–water partition coefficient (Wildman–Crippen LogP) is 1.41. The summed E-state index contributed by atoms with van der Waals surface area (Å²) in [6.07, 6.45) is 1.64. The first-order valence-electron chi connectivity index (χ1n) is 8.53. The van der Waals surface area contributed by atoms with Crippen molar-refractivity contribution in [2.75, 3.05) is 7.05 Å². The molecule has 0 fully saturated rings. The second kappa shape index (κ2) is 6.64. The van der Waals surface area contributed by atoms with Gasteiger partial charge in [-0.2, -0.15) is 0 Å². The fourth-order valence-corrected chi connectivity index (χ4v) is 3.11. The van der Waals surface area contributed by atoms with Gasteiger partial charge < -0.3 is 4.90 Å². The van der Waals surface area contributed by atoms with E-state index in [4.69, 9.17) is 0 Å². The topological polar surface area (TPSA) is 85.4 Å². The monoisotopic (exact) mass is 362 g/mol. The third-order valence-electron chi connectivity index (χ3n) is 4.51. The van der Waals surface area contributed by atoms with E-state index < -0.39 is 0 Å². The molecular weight excluding hydrogens is 344 g/mol. The Labute approximate surface area is 154 Å². The number of amides is 1. The van der Waals surface area contributed by atoms with Crippen LogP contribution in [-0.2, 0) is 17.9 Å². The lowest BCUT2D eigenvalue weighted by Crippen LogP contribution is -2.34. The Morgan fingerprint density at radius 1 is 1.07 bits per heavy atom. The molecule has 0 saturated heterocycles. The zero-order valence-corrected chi connectivity index (χ0v) is 15.0. The van der Waals surface area contributed by atoms with Crippen LogP contribution >= 0.6 is 0 Å². The summed E-state index contributed by atoms with van der Waals surface area (Å²) in [5.41, 5.74) is 1.94. The number of hydrogen-bond acceptors (Lipinski definition) is 5. The fraction of sp³-hybridized carbons (Fsp3) is 0.211. The molecule has 4 aromatic rings. The van der Waals surface area contributed by atoms with Gasteiger partial charge >= 0.3 is 0 Å². The van der Waals surface area contributed by atoms with Gasteiger partial charge in [0.25, 0.3) is 5.56 Å². The quantitative estimate of drug-likeness (QED) is 0.548. The van der Waals surface area contributed by atoms with Crippen LogP contribution in [0.25, 0.3) is 16.8 Å². The van der Waals surface area contributed by atoms with Crippen molar-refractivity contribution in [3.05, 3.63) is 70.4 Å². The summed E-state index contributed by atoms with van der Waals surface area (Å²) in [6.45, 7) is 2.14. The minimum atomic E-state index is -0.363. The van der Waals surface area contributed by atoms with Gasteiger partial charge in [0.15, 0.2) is 5.65 Å². The summed E-state index contributed by atoms with van der Waals surface area (Å²) in [5, 5.41) is 7.95. The van der Waals surface area contributed by atoms with Crippen molar-refractivity contribution in [1.29, 1.82) is 0 Å². The van der Waals surface area contributed by atoms with Crippen LogP contribution < -0.4 is 5.56 Å². The maximum atomic E-state index is 12.9. The van der Waals surface area contributed by atoms with Crippen LogP contribution in [-0.4, -0.2) is 42.0 Å². The number of likely N-dealkylation sites (N-methyl/N-ethyl adjacent to an activating group) is 1. The number of nitrogens with zero attached hydrogens (tertiary/aromatic N) is 6. The van der Waals surface area contributed by atoms with E-state index in [1.54, 1.807) is 41.6 Å². The Bertz CT molecular complexity index is 1200. The lowest BCUT2D eigenvalue weighted by atomic mass is 10.2. The predicted molar refractivity (Wildman–Crippen MR) is 100 cm³/mol. The highest BCUT2D eigenvalue weighted by molar-refractivity contribution is 5.80. The van der Waals surface area contributed by atoms with Crippen LogP contribution in [0.15, 0.2) is 53.5 Å². The molecule has 3 heterocycles. The second-order valence-corrected chi connectivity index (χ2v) is 6.38. The molecule has 3 aromatic heterocycles. The summed E-state index contributed by atoms with van der Waals surface area (Å²) < 4.78 is 3.03. The van der Waals surface area contributed by atoms with Crippen molar-refractivity contribution < 1.29 is 4.79 Å². The zero-order valence-electron chi connectivity index (χ0n) is 15.0. The molecule has 8 nitrogen and oxygen atoms in total. The van der Waals surface area contributed by atoms with Crippen molar-refractivity contribution in [2.24, 2.45) is 0 Å². The molecule has 1 amide bonds. The molecule has 0 aliphatic carbocycles. The molecule has 0 aliphatic rings. The smallest absolute Gasteiger partial charge is 0.297 e. The number of pyridine rings is 1. The van der Waals surface area contributed by atoms with Gasteiger partial charge in [0.2, 0.25) is 11.6 Å². The van der Waals surface area contributed by atoms with Gasteiger partial charge in [-0.05, 0) is 24.6 Å². The average Bonchev–Trinajstić information content (AvgIpc) is 3.07. The Morgan fingerprint density at radius 2 is 1.85 bits per heavy atom. The van der Waals surface area contributed by atoms with Crippen molar-refractivity contribution in [2.45, 2.75) is 20.0 Å². The molecule has 0 aliphatic heterocycles. The van der Waals surface area contributed by atoms with Crippen LogP contribution in [0.2, 0.25) is 0 Å². The summed E-state index contributed by atoms with van der Waals surface area (Å²) >= 11 is 0. The van der Waals surface area contributed by atoms with E-state index in [9.17, 15) is 9.59 Å². The zero-order chi connectivity index (χ0) is 19.0. The number of carbonyl (C=O) groups excluding carboxylic acids is 1. The first-order valence-corrected chi connectivity index (χ1v) is 8.53. The van der Waals surface area contributed by atoms with E-state index in [0.717, 1.165) is 5.56 Å². The minimum Gasteiger partial charge on any atom is -0.340 e. The first kappa shape index (κ1) is 16.9. The number of hydrogen-bond donors (Lipinski definition) is 0. The number of carbonyl (C=O) groups is 1. The SMILES string of the molecule is Cc1nnc2c(=O)n(CC(=O)N(C)Cc3ccccc3)c3cccnc3n12. The standard InChI is InChI=1S/C19H18N6O2/c1-13-21-22-18-19(27)24(15-9-6-10-20-17(15)25(13)18)12-16(26)23(2)11-14-7-4-3-5-8-14/h3-10H,11-12H2,1-2H3. The van der Waals surface area contributed by atoms with Crippen LogP contribution in [0.1, 0.15) is 11.4 Å². The normalized spacial score (nSPS) is 11.2. The van der Waals surface area contributed by atoms with Gasteiger partial charge in [-0.15, -0.1) is 10.2 Å². The van der Waals surface area contributed by atoms with Crippen LogP contribution in [0, 0.1) is 6.92 Å². The van der Waals surface area contributed by atoms with Crippen molar-refractivity contribution in [3.8, 4) is 0 Å². The second-order valence-electron chi connectivity index (χ2n) is 6.38. The molecule has 0 atom stereocenters. The van der Waals surface area contributed by atoms with E-state index in [1.165, 1.54) is 4.57 Å². The van der Waals surface area contributed by atoms with Gasteiger partial charge in [0.1, 0.15) is 12.4 Å². The highest BCUT2D eigenvalue weighted by Gasteiger charge is 2.18.